The molecule has 0 aliphatic carbocycles. The number of aryl methyl sites for hydroxylation is 2. The summed E-state index contributed by atoms with van der Waals surface area (Å²) < 4.78 is 11.3. The van der Waals surface area contributed by atoms with Gasteiger partial charge in [0.25, 0.3) is 0 Å². The Morgan fingerprint density at radius 2 is 1.77 bits per heavy atom. The maximum absolute atomic E-state index is 9.99. The summed E-state index contributed by atoms with van der Waals surface area (Å²) in [5, 5.41) is 15.5. The third-order valence-electron chi connectivity index (χ3n) is 6.14. The molecule has 5 heteroatoms. The van der Waals surface area contributed by atoms with E-state index in [2.05, 4.69) is 42.2 Å². The van der Waals surface area contributed by atoms with E-state index in [-0.39, 0.29) is 5.75 Å². The van der Waals surface area contributed by atoms with Crippen LogP contribution < -0.4 is 4.74 Å². The Hall–Kier alpha value is -3.99. The minimum Gasteiger partial charge on any atom is -0.504 e. The highest BCUT2D eigenvalue weighted by Gasteiger charge is 2.20. The van der Waals surface area contributed by atoms with Gasteiger partial charge in [-0.1, -0.05) is 24.3 Å². The van der Waals surface area contributed by atoms with Crippen LogP contribution in [0.15, 0.2) is 59.2 Å². The topological polar surface area (TPSA) is 71.3 Å². The van der Waals surface area contributed by atoms with Gasteiger partial charge < -0.3 is 19.2 Å². The van der Waals surface area contributed by atoms with Gasteiger partial charge in [-0.15, -0.1) is 0 Å². The van der Waals surface area contributed by atoms with E-state index < -0.39 is 0 Å². The molecule has 0 radical (unpaired) electrons. The highest BCUT2D eigenvalue weighted by Crippen LogP contribution is 2.41. The molecule has 152 valence electrons. The van der Waals surface area contributed by atoms with E-state index >= 15 is 0 Å². The van der Waals surface area contributed by atoms with Crippen molar-refractivity contribution in [1.82, 2.24) is 9.97 Å². The normalized spacial score (nSPS) is 11.8. The average Bonchev–Trinajstić information content (AvgIpc) is 3.38. The summed E-state index contributed by atoms with van der Waals surface area (Å²) in [7, 11) is 1.54. The Labute approximate surface area is 177 Å². The van der Waals surface area contributed by atoms with Crippen molar-refractivity contribution in [2.45, 2.75) is 13.8 Å². The molecule has 6 aromatic rings. The first kappa shape index (κ1) is 17.8. The SMILES string of the molecule is COc1cc(-c2nc3c([nH]2)c2c(C)coc2c2ccc4c(C)cccc4c23)ccc1O. The third kappa shape index (κ3) is 2.40. The first-order valence-electron chi connectivity index (χ1n) is 10.2. The lowest BCUT2D eigenvalue weighted by Gasteiger charge is -2.08. The van der Waals surface area contributed by atoms with Crippen molar-refractivity contribution in [2.24, 2.45) is 0 Å². The predicted octanol–water partition coefficient (Wildman–Crippen LogP) is 6.61. The highest BCUT2D eigenvalue weighted by atomic mass is 16.5. The number of phenolic OH excluding ortho intramolecular Hbond substituents is 1. The number of aromatic hydroxyl groups is 1. The number of ether oxygens (including phenoxy) is 1. The maximum atomic E-state index is 9.99. The number of nitrogens with zero attached hydrogens (tertiary/aromatic N) is 1. The molecule has 0 saturated carbocycles. The van der Waals surface area contributed by atoms with Crippen LogP contribution in [0.25, 0.3) is 54.9 Å². The van der Waals surface area contributed by atoms with Crippen LogP contribution in [0.3, 0.4) is 0 Å². The molecule has 0 spiro atoms. The first-order chi connectivity index (χ1) is 15.1. The summed E-state index contributed by atoms with van der Waals surface area (Å²) in [6.45, 7) is 4.17. The molecule has 4 aromatic carbocycles. The fourth-order valence-corrected chi connectivity index (χ4v) is 4.61. The number of imidazole rings is 1. The van der Waals surface area contributed by atoms with Gasteiger partial charge in [0, 0.05) is 21.7 Å². The number of hydrogen-bond donors (Lipinski definition) is 2. The lowest BCUT2D eigenvalue weighted by molar-refractivity contribution is 0.373. The molecule has 31 heavy (non-hydrogen) atoms. The van der Waals surface area contributed by atoms with Crippen LogP contribution in [0.2, 0.25) is 0 Å². The minimum atomic E-state index is 0.0994. The van der Waals surface area contributed by atoms with Crippen LogP contribution in [0.5, 0.6) is 11.5 Å². The number of aromatic amines is 1. The minimum absolute atomic E-state index is 0.0994. The van der Waals surface area contributed by atoms with Crippen LogP contribution in [-0.4, -0.2) is 22.2 Å². The maximum Gasteiger partial charge on any atom is 0.161 e. The van der Waals surface area contributed by atoms with Gasteiger partial charge in [-0.25, -0.2) is 4.98 Å². The van der Waals surface area contributed by atoms with Gasteiger partial charge in [0.15, 0.2) is 11.5 Å². The fourth-order valence-electron chi connectivity index (χ4n) is 4.61. The predicted molar refractivity (Wildman–Crippen MR) is 124 cm³/mol. The summed E-state index contributed by atoms with van der Waals surface area (Å²) in [5.41, 5.74) is 5.84. The van der Waals surface area contributed by atoms with Gasteiger partial charge in [0.2, 0.25) is 0 Å². The Morgan fingerprint density at radius 3 is 2.61 bits per heavy atom. The van der Waals surface area contributed by atoms with Gasteiger partial charge in [-0.3, -0.25) is 0 Å². The molecule has 6 rings (SSSR count). The molecule has 0 atom stereocenters. The van der Waals surface area contributed by atoms with E-state index in [0.29, 0.717) is 11.6 Å². The largest absolute Gasteiger partial charge is 0.504 e. The third-order valence-corrected chi connectivity index (χ3v) is 6.14. The second-order valence-corrected chi connectivity index (χ2v) is 7.98. The highest BCUT2D eigenvalue weighted by molar-refractivity contribution is 6.29. The van der Waals surface area contributed by atoms with E-state index in [0.717, 1.165) is 49.3 Å². The molecule has 5 nitrogen and oxygen atoms in total. The Balaban J connectivity index is 1.80. The number of hydrogen-bond acceptors (Lipinski definition) is 4. The van der Waals surface area contributed by atoms with Crippen molar-refractivity contribution in [2.75, 3.05) is 7.11 Å². The zero-order chi connectivity index (χ0) is 21.3. The molecule has 0 aliphatic heterocycles. The summed E-state index contributed by atoms with van der Waals surface area (Å²) >= 11 is 0. The number of fused-ring (bicyclic) bond motifs is 8. The van der Waals surface area contributed by atoms with Gasteiger partial charge in [0.1, 0.15) is 11.4 Å². The summed E-state index contributed by atoms with van der Waals surface area (Å²) in [5.74, 6) is 1.23. The van der Waals surface area contributed by atoms with Crippen LogP contribution in [0.4, 0.5) is 0 Å². The first-order valence-corrected chi connectivity index (χ1v) is 10.2. The number of H-pyrrole nitrogens is 1. The van der Waals surface area contributed by atoms with Crippen molar-refractivity contribution in [3.63, 3.8) is 0 Å². The lowest BCUT2D eigenvalue weighted by atomic mass is 9.96. The molecule has 0 unspecified atom stereocenters. The van der Waals surface area contributed by atoms with E-state index in [1.54, 1.807) is 18.4 Å². The van der Waals surface area contributed by atoms with E-state index in [9.17, 15) is 5.11 Å². The van der Waals surface area contributed by atoms with Crippen molar-refractivity contribution < 1.29 is 14.3 Å². The van der Waals surface area contributed by atoms with Crippen LogP contribution in [0, 0.1) is 13.8 Å². The molecule has 0 saturated heterocycles. The van der Waals surface area contributed by atoms with E-state index in [4.69, 9.17) is 14.1 Å². The molecular weight excluding hydrogens is 388 g/mol. The Morgan fingerprint density at radius 1 is 0.935 bits per heavy atom. The number of aromatic nitrogens is 2. The second kappa shape index (κ2) is 6.25. The number of methoxy groups -OCH3 is 1. The van der Waals surface area contributed by atoms with Gasteiger partial charge in [-0.05, 0) is 60.0 Å². The molecule has 2 N–H and O–H groups in total. The number of benzene rings is 4. The van der Waals surface area contributed by atoms with Crippen molar-refractivity contribution in [3.8, 4) is 22.9 Å². The lowest BCUT2D eigenvalue weighted by Crippen LogP contribution is -1.86. The Kier molecular flexibility index (Phi) is 3.60. The van der Waals surface area contributed by atoms with Crippen LogP contribution in [-0.2, 0) is 0 Å². The quantitative estimate of drug-likeness (QED) is 0.316. The number of furan rings is 1. The molecule has 0 aliphatic rings. The monoisotopic (exact) mass is 408 g/mol. The van der Waals surface area contributed by atoms with Crippen LogP contribution in [0.1, 0.15) is 11.1 Å². The number of nitrogens with one attached hydrogen (secondary N) is 1. The van der Waals surface area contributed by atoms with E-state index in [1.165, 1.54) is 18.1 Å². The van der Waals surface area contributed by atoms with Crippen LogP contribution >= 0.6 is 0 Å². The standard InChI is InChI=1S/C26H20N2O3/c1-13-5-4-6-17-16(13)8-9-18-22(17)24-23(21-14(2)12-31-25(18)21)27-26(28-24)15-7-10-19(29)20(11-15)30-3/h4-12,29H,1-3H3,(H,27,28). The molecule has 0 bridgehead atoms. The van der Waals surface area contributed by atoms with Crippen molar-refractivity contribution in [3.05, 3.63) is 65.9 Å². The summed E-state index contributed by atoms with van der Waals surface area (Å²) in [4.78, 5) is 8.55. The van der Waals surface area contributed by atoms with Gasteiger partial charge in [-0.2, -0.15) is 0 Å². The van der Waals surface area contributed by atoms with Crippen molar-refractivity contribution >= 4 is 43.5 Å². The molecular formula is C26H20N2O3. The smallest absolute Gasteiger partial charge is 0.161 e. The van der Waals surface area contributed by atoms with Gasteiger partial charge >= 0.3 is 0 Å². The molecule has 2 aromatic heterocycles. The number of rotatable bonds is 2. The number of phenols is 1. The zero-order valence-corrected chi connectivity index (χ0v) is 17.4. The van der Waals surface area contributed by atoms with Crippen molar-refractivity contribution in [1.29, 1.82) is 0 Å². The van der Waals surface area contributed by atoms with E-state index in [1.807, 2.05) is 13.0 Å². The fraction of sp³-hybridized carbons (Fsp3) is 0.115. The molecule has 2 heterocycles. The van der Waals surface area contributed by atoms with Gasteiger partial charge in [0.05, 0.1) is 24.4 Å². The zero-order valence-electron chi connectivity index (χ0n) is 17.4. The Bertz CT molecular complexity index is 1660. The summed E-state index contributed by atoms with van der Waals surface area (Å²) in [6.07, 6.45) is 1.80. The second-order valence-electron chi connectivity index (χ2n) is 7.98. The molecule has 0 amide bonds. The average molecular weight is 408 g/mol. The summed E-state index contributed by atoms with van der Waals surface area (Å²) in [6, 6.07) is 15.9. The molecule has 0 fully saturated rings.